The molecule has 0 spiro atoms. The lowest BCUT2D eigenvalue weighted by atomic mass is 10.1. The number of aromatic nitrogens is 1. The van der Waals surface area contributed by atoms with E-state index in [2.05, 4.69) is 4.98 Å². The van der Waals surface area contributed by atoms with E-state index in [0.29, 0.717) is 0 Å². The topological polar surface area (TPSA) is 62.7 Å². The second-order valence-corrected chi connectivity index (χ2v) is 2.48. The highest BCUT2D eigenvalue weighted by Gasteiger charge is 2.20. The molecular weight excluding hydrogens is 195 g/mol. The number of halogens is 3. The molecule has 14 heavy (non-hydrogen) atoms. The Morgan fingerprint density at radius 2 is 2.21 bits per heavy atom. The van der Waals surface area contributed by atoms with Gasteiger partial charge in [-0.1, -0.05) is 0 Å². The molecule has 0 aliphatic carbocycles. The molecule has 0 unspecified atom stereocenters. The van der Waals surface area contributed by atoms with Gasteiger partial charge in [0.05, 0.1) is 22.9 Å². The van der Waals surface area contributed by atoms with E-state index in [-0.39, 0.29) is 12.2 Å². The Kier molecular flexibility index (Phi) is 3.04. The van der Waals surface area contributed by atoms with Crippen LogP contribution in [0.4, 0.5) is 13.2 Å². The summed E-state index contributed by atoms with van der Waals surface area (Å²) in [4.78, 5) is 3.20. The Balaban J connectivity index is 3.37. The van der Waals surface area contributed by atoms with Crippen molar-refractivity contribution in [2.75, 3.05) is 0 Å². The summed E-state index contributed by atoms with van der Waals surface area (Å²) in [6.45, 7) is -0.102. The van der Waals surface area contributed by atoms with Crippen molar-refractivity contribution in [3.63, 3.8) is 0 Å². The number of rotatable bonds is 2. The first-order valence-corrected chi connectivity index (χ1v) is 3.67. The van der Waals surface area contributed by atoms with Crippen molar-refractivity contribution in [1.82, 2.24) is 4.98 Å². The smallest absolute Gasteiger partial charge is 0.269 e. The number of hydrogen-bond acceptors (Lipinski definition) is 3. The molecule has 0 fully saturated rings. The number of nitrogens with two attached hydrogens (primary N) is 1. The van der Waals surface area contributed by atoms with E-state index in [0.717, 1.165) is 6.07 Å². The maximum Gasteiger partial charge on any atom is 0.269 e. The molecule has 1 aromatic heterocycles. The monoisotopic (exact) mass is 201 g/mol. The molecule has 1 aromatic rings. The molecule has 0 saturated carbocycles. The van der Waals surface area contributed by atoms with E-state index in [1.54, 1.807) is 0 Å². The molecule has 0 radical (unpaired) electrons. The van der Waals surface area contributed by atoms with E-state index in [4.69, 9.17) is 11.0 Å². The maximum absolute atomic E-state index is 12.9. The molecule has 3 nitrogen and oxygen atoms in total. The van der Waals surface area contributed by atoms with Crippen molar-refractivity contribution in [1.29, 1.82) is 5.26 Å². The summed E-state index contributed by atoms with van der Waals surface area (Å²) in [6.07, 6.45) is -3.05. The Morgan fingerprint density at radius 1 is 1.57 bits per heavy atom. The molecule has 0 saturated heterocycles. The lowest BCUT2D eigenvalue weighted by molar-refractivity contribution is 0.144. The maximum atomic E-state index is 12.9. The van der Waals surface area contributed by atoms with Crippen molar-refractivity contribution in [3.05, 3.63) is 28.8 Å². The van der Waals surface area contributed by atoms with Gasteiger partial charge in [-0.3, -0.25) is 0 Å². The van der Waals surface area contributed by atoms with Gasteiger partial charge in [0.1, 0.15) is 0 Å². The van der Waals surface area contributed by atoms with Crippen molar-refractivity contribution in [3.8, 4) is 6.07 Å². The van der Waals surface area contributed by atoms with Crippen LogP contribution >= 0.6 is 0 Å². The number of hydrogen-bond donors (Lipinski definition) is 1. The third-order valence-electron chi connectivity index (χ3n) is 1.61. The molecule has 0 aliphatic heterocycles. The van der Waals surface area contributed by atoms with Crippen LogP contribution in [0.25, 0.3) is 0 Å². The van der Waals surface area contributed by atoms with E-state index in [1.165, 1.54) is 6.07 Å². The van der Waals surface area contributed by atoms with Crippen molar-refractivity contribution in [2.45, 2.75) is 13.0 Å². The van der Waals surface area contributed by atoms with Crippen LogP contribution < -0.4 is 5.73 Å². The van der Waals surface area contributed by atoms with Gasteiger partial charge in [0.15, 0.2) is 0 Å². The van der Waals surface area contributed by atoms with E-state index in [9.17, 15) is 13.2 Å². The standard InChI is InChI=1S/C8H6F3N3/c9-7(10)6-4(2-12)1-5(3-13)14-8(6)11/h1,7H,3,13H2. The molecule has 0 atom stereocenters. The van der Waals surface area contributed by atoms with E-state index < -0.39 is 23.5 Å². The summed E-state index contributed by atoms with van der Waals surface area (Å²) in [5, 5.41) is 8.49. The second-order valence-electron chi connectivity index (χ2n) is 2.48. The van der Waals surface area contributed by atoms with Gasteiger partial charge >= 0.3 is 0 Å². The number of nitrogens with zero attached hydrogens (tertiary/aromatic N) is 2. The number of nitriles is 1. The normalized spacial score (nSPS) is 10.3. The molecule has 74 valence electrons. The molecule has 0 aliphatic rings. The summed E-state index contributed by atoms with van der Waals surface area (Å²) in [5.74, 6) is -1.33. The third-order valence-corrected chi connectivity index (χ3v) is 1.61. The minimum absolute atomic E-state index is 0.0726. The van der Waals surface area contributed by atoms with Gasteiger partial charge in [-0.05, 0) is 6.07 Å². The fourth-order valence-corrected chi connectivity index (χ4v) is 0.979. The van der Waals surface area contributed by atoms with Gasteiger partial charge in [-0.15, -0.1) is 0 Å². The van der Waals surface area contributed by atoms with Crippen molar-refractivity contribution in [2.24, 2.45) is 5.73 Å². The number of alkyl halides is 2. The number of pyridine rings is 1. The quantitative estimate of drug-likeness (QED) is 0.737. The Hall–Kier alpha value is -1.61. The van der Waals surface area contributed by atoms with Gasteiger partial charge in [0, 0.05) is 6.54 Å². The molecule has 2 N–H and O–H groups in total. The molecule has 6 heteroatoms. The predicted octanol–water partition coefficient (Wildman–Crippen LogP) is 1.49. The lowest BCUT2D eigenvalue weighted by Crippen LogP contribution is -2.06. The highest BCUT2D eigenvalue weighted by Crippen LogP contribution is 2.24. The van der Waals surface area contributed by atoms with Crippen LogP contribution in [0, 0.1) is 17.3 Å². The molecule has 0 aromatic carbocycles. The molecule has 0 bridgehead atoms. The first-order chi connectivity index (χ1) is 6.60. The lowest BCUT2D eigenvalue weighted by Gasteiger charge is -2.05. The SMILES string of the molecule is N#Cc1cc(CN)nc(F)c1C(F)F. The van der Waals surface area contributed by atoms with E-state index >= 15 is 0 Å². The zero-order valence-corrected chi connectivity index (χ0v) is 6.97. The van der Waals surface area contributed by atoms with Gasteiger partial charge in [-0.25, -0.2) is 13.8 Å². The van der Waals surface area contributed by atoms with Crippen LogP contribution in [0.2, 0.25) is 0 Å². The summed E-state index contributed by atoms with van der Waals surface area (Å²) in [7, 11) is 0. The fraction of sp³-hybridized carbons (Fsp3) is 0.250. The Bertz CT molecular complexity index is 384. The first kappa shape index (κ1) is 10.5. The average Bonchev–Trinajstić information content (AvgIpc) is 2.15. The van der Waals surface area contributed by atoms with Gasteiger partial charge in [-0.2, -0.15) is 9.65 Å². The third kappa shape index (κ3) is 1.83. The van der Waals surface area contributed by atoms with Crippen LogP contribution in [0.5, 0.6) is 0 Å². The minimum Gasteiger partial charge on any atom is -0.325 e. The molecule has 0 amide bonds. The molecular formula is C8H6F3N3. The fourth-order valence-electron chi connectivity index (χ4n) is 0.979. The van der Waals surface area contributed by atoms with Crippen molar-refractivity contribution < 1.29 is 13.2 Å². The van der Waals surface area contributed by atoms with Gasteiger partial charge < -0.3 is 5.73 Å². The summed E-state index contributed by atoms with van der Waals surface area (Å²) < 4.78 is 37.4. The van der Waals surface area contributed by atoms with Crippen LogP contribution in [0.1, 0.15) is 23.2 Å². The largest absolute Gasteiger partial charge is 0.325 e. The van der Waals surface area contributed by atoms with Crippen LogP contribution in [-0.4, -0.2) is 4.98 Å². The van der Waals surface area contributed by atoms with E-state index in [1.807, 2.05) is 0 Å². The predicted molar refractivity (Wildman–Crippen MR) is 41.8 cm³/mol. The average molecular weight is 201 g/mol. The highest BCUT2D eigenvalue weighted by atomic mass is 19.3. The first-order valence-electron chi connectivity index (χ1n) is 3.67. The minimum atomic E-state index is -3.05. The summed E-state index contributed by atoms with van der Waals surface area (Å²) in [6, 6.07) is 2.54. The van der Waals surface area contributed by atoms with Crippen molar-refractivity contribution >= 4 is 0 Å². The zero-order chi connectivity index (χ0) is 10.7. The van der Waals surface area contributed by atoms with Crippen LogP contribution in [0.3, 0.4) is 0 Å². The molecule has 1 rings (SSSR count). The highest BCUT2D eigenvalue weighted by molar-refractivity contribution is 5.38. The Morgan fingerprint density at radius 3 is 2.64 bits per heavy atom. The Labute approximate surface area is 78.0 Å². The van der Waals surface area contributed by atoms with Crippen LogP contribution in [-0.2, 0) is 6.54 Å². The van der Waals surface area contributed by atoms with Gasteiger partial charge in [0.25, 0.3) is 6.43 Å². The van der Waals surface area contributed by atoms with Crippen LogP contribution in [0.15, 0.2) is 6.07 Å². The second kappa shape index (κ2) is 4.07. The zero-order valence-electron chi connectivity index (χ0n) is 6.97. The van der Waals surface area contributed by atoms with Gasteiger partial charge in [0.2, 0.25) is 5.95 Å². The summed E-state index contributed by atoms with van der Waals surface area (Å²) in [5.41, 5.74) is 3.82. The molecule has 1 heterocycles. The summed E-state index contributed by atoms with van der Waals surface area (Å²) >= 11 is 0.